The van der Waals surface area contributed by atoms with E-state index in [1.54, 1.807) is 6.92 Å². The molecule has 0 aromatic heterocycles. The van der Waals surface area contributed by atoms with E-state index >= 15 is 0 Å². The Morgan fingerprint density at radius 1 is 1.00 bits per heavy atom. The smallest absolute Gasteiger partial charge is 0.315 e. The molecule has 1 aromatic carbocycles. The summed E-state index contributed by atoms with van der Waals surface area (Å²) in [5.41, 5.74) is 1.22. The van der Waals surface area contributed by atoms with E-state index in [9.17, 15) is 9.59 Å². The minimum absolute atomic E-state index is 0.0232. The van der Waals surface area contributed by atoms with Gasteiger partial charge in [-0.1, -0.05) is 30.3 Å². The van der Waals surface area contributed by atoms with Crippen LogP contribution < -0.4 is 16.0 Å². The van der Waals surface area contributed by atoms with Gasteiger partial charge in [-0.3, -0.25) is 4.79 Å². The zero-order valence-corrected chi connectivity index (χ0v) is 13.1. The summed E-state index contributed by atoms with van der Waals surface area (Å²) in [7, 11) is 0. The van der Waals surface area contributed by atoms with Gasteiger partial charge in [0, 0.05) is 25.6 Å². The standard InChI is InChI=1S/C17H25N3O2/c1-13(21)19-15-7-9-16(10-8-15)20-17(22)18-12-11-14-5-3-2-4-6-14/h2-6,15-16H,7-12H2,1H3,(H,19,21)(H2,18,20,22). The highest BCUT2D eigenvalue weighted by Crippen LogP contribution is 2.18. The molecule has 1 aliphatic carbocycles. The highest BCUT2D eigenvalue weighted by molar-refractivity contribution is 5.74. The van der Waals surface area contributed by atoms with Crippen LogP contribution in [0.5, 0.6) is 0 Å². The van der Waals surface area contributed by atoms with Crippen molar-refractivity contribution in [2.45, 2.75) is 51.1 Å². The van der Waals surface area contributed by atoms with Crippen LogP contribution in [-0.2, 0) is 11.2 Å². The number of rotatable bonds is 5. The third kappa shape index (κ3) is 5.76. The number of nitrogens with one attached hydrogen (secondary N) is 3. The summed E-state index contributed by atoms with van der Waals surface area (Å²) in [5, 5.41) is 8.86. The van der Waals surface area contributed by atoms with Crippen LogP contribution in [0.2, 0.25) is 0 Å². The number of urea groups is 1. The molecule has 120 valence electrons. The van der Waals surface area contributed by atoms with Crippen LogP contribution in [-0.4, -0.2) is 30.6 Å². The average Bonchev–Trinajstić information content (AvgIpc) is 2.50. The topological polar surface area (TPSA) is 70.2 Å². The minimum atomic E-state index is -0.0982. The predicted molar refractivity (Wildman–Crippen MR) is 86.5 cm³/mol. The van der Waals surface area contributed by atoms with E-state index < -0.39 is 0 Å². The highest BCUT2D eigenvalue weighted by Gasteiger charge is 2.22. The Morgan fingerprint density at radius 3 is 2.18 bits per heavy atom. The minimum Gasteiger partial charge on any atom is -0.354 e. The number of hydrogen-bond donors (Lipinski definition) is 3. The summed E-state index contributed by atoms with van der Waals surface area (Å²) in [5.74, 6) is 0.0232. The van der Waals surface area contributed by atoms with Gasteiger partial charge in [-0.05, 0) is 37.7 Å². The third-order valence-electron chi connectivity index (χ3n) is 4.01. The molecule has 2 rings (SSSR count). The van der Waals surface area contributed by atoms with Crippen molar-refractivity contribution >= 4 is 11.9 Å². The van der Waals surface area contributed by atoms with Gasteiger partial charge in [0.2, 0.25) is 5.91 Å². The van der Waals surface area contributed by atoms with Gasteiger partial charge in [-0.25, -0.2) is 4.79 Å². The summed E-state index contributed by atoms with van der Waals surface area (Å²) in [6.45, 7) is 2.18. The summed E-state index contributed by atoms with van der Waals surface area (Å²) in [6, 6.07) is 10.5. The monoisotopic (exact) mass is 303 g/mol. The van der Waals surface area contributed by atoms with Gasteiger partial charge < -0.3 is 16.0 Å². The quantitative estimate of drug-likeness (QED) is 0.778. The first-order valence-corrected chi connectivity index (χ1v) is 7.99. The Hall–Kier alpha value is -2.04. The fraction of sp³-hybridized carbons (Fsp3) is 0.529. The number of benzene rings is 1. The first-order valence-electron chi connectivity index (χ1n) is 7.99. The number of carbonyl (C=O) groups excluding carboxylic acids is 2. The largest absolute Gasteiger partial charge is 0.354 e. The first-order chi connectivity index (χ1) is 10.6. The molecule has 0 atom stereocenters. The van der Waals surface area contributed by atoms with E-state index in [1.807, 2.05) is 18.2 Å². The highest BCUT2D eigenvalue weighted by atomic mass is 16.2. The molecule has 3 amide bonds. The van der Waals surface area contributed by atoms with Crippen LogP contribution >= 0.6 is 0 Å². The molecule has 0 bridgehead atoms. The van der Waals surface area contributed by atoms with Gasteiger partial charge in [0.25, 0.3) is 0 Å². The van der Waals surface area contributed by atoms with Crippen molar-refractivity contribution in [2.24, 2.45) is 0 Å². The lowest BCUT2D eigenvalue weighted by molar-refractivity contribution is -0.119. The Kier molecular flexibility index (Phi) is 6.25. The second kappa shape index (κ2) is 8.41. The summed E-state index contributed by atoms with van der Waals surface area (Å²) >= 11 is 0. The second-order valence-corrected chi connectivity index (χ2v) is 5.88. The average molecular weight is 303 g/mol. The summed E-state index contributed by atoms with van der Waals surface area (Å²) < 4.78 is 0. The zero-order chi connectivity index (χ0) is 15.8. The van der Waals surface area contributed by atoms with Gasteiger partial charge in [0.15, 0.2) is 0 Å². The number of carbonyl (C=O) groups is 2. The zero-order valence-electron chi connectivity index (χ0n) is 13.1. The van der Waals surface area contributed by atoms with Crippen LogP contribution in [0.1, 0.15) is 38.2 Å². The molecule has 1 aromatic rings. The fourth-order valence-electron chi connectivity index (χ4n) is 2.87. The molecule has 5 heteroatoms. The normalized spacial score (nSPS) is 21.0. The van der Waals surface area contributed by atoms with Crippen molar-refractivity contribution in [2.75, 3.05) is 6.54 Å². The molecular formula is C17H25N3O2. The maximum atomic E-state index is 11.9. The van der Waals surface area contributed by atoms with E-state index in [1.165, 1.54) is 5.56 Å². The van der Waals surface area contributed by atoms with E-state index in [0.29, 0.717) is 6.54 Å². The molecule has 1 fully saturated rings. The third-order valence-corrected chi connectivity index (χ3v) is 4.01. The van der Waals surface area contributed by atoms with E-state index in [0.717, 1.165) is 32.1 Å². The van der Waals surface area contributed by atoms with Crippen LogP contribution in [0, 0.1) is 0 Å². The molecule has 1 saturated carbocycles. The summed E-state index contributed by atoms with van der Waals surface area (Å²) in [4.78, 5) is 22.9. The molecule has 0 unspecified atom stereocenters. The van der Waals surface area contributed by atoms with Gasteiger partial charge in [0.1, 0.15) is 0 Å². The van der Waals surface area contributed by atoms with Crippen molar-refractivity contribution in [1.82, 2.24) is 16.0 Å². The molecule has 0 spiro atoms. The Balaban J connectivity index is 1.61. The molecule has 5 nitrogen and oxygen atoms in total. The number of amides is 3. The van der Waals surface area contributed by atoms with E-state index in [4.69, 9.17) is 0 Å². The molecule has 0 saturated heterocycles. The Morgan fingerprint density at radius 2 is 1.59 bits per heavy atom. The van der Waals surface area contributed by atoms with Crippen molar-refractivity contribution in [3.63, 3.8) is 0 Å². The molecule has 0 radical (unpaired) electrons. The van der Waals surface area contributed by atoms with Gasteiger partial charge >= 0.3 is 6.03 Å². The lowest BCUT2D eigenvalue weighted by atomic mass is 9.91. The molecular weight excluding hydrogens is 278 g/mol. The Bertz CT molecular complexity index is 482. The second-order valence-electron chi connectivity index (χ2n) is 5.88. The van der Waals surface area contributed by atoms with Crippen LogP contribution in [0.15, 0.2) is 30.3 Å². The summed E-state index contributed by atoms with van der Waals surface area (Å²) in [6.07, 6.45) is 4.51. The molecule has 0 heterocycles. The van der Waals surface area contributed by atoms with Crippen LogP contribution in [0.4, 0.5) is 4.79 Å². The fourth-order valence-corrected chi connectivity index (χ4v) is 2.87. The maximum Gasteiger partial charge on any atom is 0.315 e. The molecule has 22 heavy (non-hydrogen) atoms. The van der Waals surface area contributed by atoms with Crippen LogP contribution in [0.25, 0.3) is 0 Å². The van der Waals surface area contributed by atoms with E-state index in [-0.39, 0.29) is 24.0 Å². The van der Waals surface area contributed by atoms with Gasteiger partial charge in [0.05, 0.1) is 0 Å². The van der Waals surface area contributed by atoms with Crippen LogP contribution in [0.3, 0.4) is 0 Å². The van der Waals surface area contributed by atoms with Crippen molar-refractivity contribution in [3.05, 3.63) is 35.9 Å². The Labute approximate surface area is 131 Å². The molecule has 1 aliphatic rings. The first kappa shape index (κ1) is 16.3. The van der Waals surface area contributed by atoms with Crippen molar-refractivity contribution < 1.29 is 9.59 Å². The number of hydrogen-bond acceptors (Lipinski definition) is 2. The molecule has 0 aliphatic heterocycles. The predicted octanol–water partition coefficient (Wildman–Crippen LogP) is 1.98. The lowest BCUT2D eigenvalue weighted by Crippen LogP contribution is -2.46. The maximum absolute atomic E-state index is 11.9. The van der Waals surface area contributed by atoms with Gasteiger partial charge in [-0.2, -0.15) is 0 Å². The van der Waals surface area contributed by atoms with Gasteiger partial charge in [-0.15, -0.1) is 0 Å². The SMILES string of the molecule is CC(=O)NC1CCC(NC(=O)NCCc2ccccc2)CC1. The lowest BCUT2D eigenvalue weighted by Gasteiger charge is -2.29. The molecule has 3 N–H and O–H groups in total. The van der Waals surface area contributed by atoms with Crippen molar-refractivity contribution in [1.29, 1.82) is 0 Å². The van der Waals surface area contributed by atoms with Crippen molar-refractivity contribution in [3.8, 4) is 0 Å². The van der Waals surface area contributed by atoms with E-state index in [2.05, 4.69) is 28.1 Å².